The number of carbonyl (C=O) groups excluding carboxylic acids is 2. The number of thioether (sulfide) groups is 1. The molecule has 0 spiro atoms. The van der Waals surface area contributed by atoms with Crippen molar-refractivity contribution < 1.29 is 14.3 Å². The lowest BCUT2D eigenvalue weighted by atomic mass is 10.1. The normalized spacial score (nSPS) is 19.4. The maximum Gasteiger partial charge on any atom is 0.253 e. The van der Waals surface area contributed by atoms with Crippen LogP contribution in [0.1, 0.15) is 38.3 Å². The smallest absolute Gasteiger partial charge is 0.253 e. The average Bonchev–Trinajstić information content (AvgIpc) is 3.18. The van der Waals surface area contributed by atoms with Gasteiger partial charge in [-0.3, -0.25) is 14.9 Å². The SMILES string of the molecule is COc1ccc(C(=O)NCc2cccc(C(=O)NC3NC4CC=C(N)C=C4S3)c2)cc1C. The van der Waals surface area contributed by atoms with E-state index < -0.39 is 0 Å². The van der Waals surface area contributed by atoms with Crippen LogP contribution in [0, 0.1) is 6.92 Å². The summed E-state index contributed by atoms with van der Waals surface area (Å²) < 4.78 is 5.24. The number of nitrogens with two attached hydrogens (primary N) is 1. The van der Waals surface area contributed by atoms with Gasteiger partial charge in [-0.05, 0) is 60.9 Å². The number of hydrogen-bond acceptors (Lipinski definition) is 6. The Hall–Kier alpha value is -3.23. The largest absolute Gasteiger partial charge is 0.496 e. The van der Waals surface area contributed by atoms with Crippen LogP contribution in [0.5, 0.6) is 5.75 Å². The van der Waals surface area contributed by atoms with E-state index in [1.54, 1.807) is 49.2 Å². The van der Waals surface area contributed by atoms with E-state index in [9.17, 15) is 9.59 Å². The van der Waals surface area contributed by atoms with Gasteiger partial charge in [0.05, 0.1) is 7.11 Å². The highest BCUT2D eigenvalue weighted by atomic mass is 32.2. The second-order valence-corrected chi connectivity index (χ2v) is 8.92. The van der Waals surface area contributed by atoms with Gasteiger partial charge in [0.1, 0.15) is 11.2 Å². The van der Waals surface area contributed by atoms with Crippen LogP contribution in [0.2, 0.25) is 0 Å². The Bertz CT molecular complexity index is 1110. The summed E-state index contributed by atoms with van der Waals surface area (Å²) in [7, 11) is 1.60. The van der Waals surface area contributed by atoms with E-state index in [2.05, 4.69) is 16.0 Å². The number of amides is 2. The van der Waals surface area contributed by atoms with Crippen LogP contribution in [0.4, 0.5) is 0 Å². The van der Waals surface area contributed by atoms with Crippen LogP contribution in [0.3, 0.4) is 0 Å². The van der Waals surface area contributed by atoms with Crippen LogP contribution in [0.15, 0.2) is 65.2 Å². The second kappa shape index (κ2) is 9.50. The van der Waals surface area contributed by atoms with Crippen molar-refractivity contribution in [2.24, 2.45) is 5.73 Å². The summed E-state index contributed by atoms with van der Waals surface area (Å²) in [5.41, 5.74) is 9.27. The number of hydrogen-bond donors (Lipinski definition) is 4. The number of rotatable bonds is 6. The van der Waals surface area contributed by atoms with Gasteiger partial charge in [0, 0.05) is 34.3 Å². The van der Waals surface area contributed by atoms with Crippen molar-refractivity contribution in [1.29, 1.82) is 0 Å². The van der Waals surface area contributed by atoms with Crippen molar-refractivity contribution in [1.82, 2.24) is 16.0 Å². The van der Waals surface area contributed by atoms with Gasteiger partial charge in [-0.15, -0.1) is 0 Å². The van der Waals surface area contributed by atoms with Crippen LogP contribution in [-0.4, -0.2) is 30.5 Å². The minimum absolute atomic E-state index is 0.172. The quantitative estimate of drug-likeness (QED) is 0.539. The number of methoxy groups -OCH3 is 1. The van der Waals surface area contributed by atoms with Crippen molar-refractivity contribution >= 4 is 23.6 Å². The number of aryl methyl sites for hydroxylation is 1. The van der Waals surface area contributed by atoms with Gasteiger partial charge in [-0.25, -0.2) is 0 Å². The third kappa shape index (κ3) is 4.98. The third-order valence-electron chi connectivity index (χ3n) is 5.41. The van der Waals surface area contributed by atoms with Crippen LogP contribution >= 0.6 is 11.8 Å². The molecule has 1 saturated heterocycles. The Morgan fingerprint density at radius 2 is 2.00 bits per heavy atom. The lowest BCUT2D eigenvalue weighted by Crippen LogP contribution is -2.42. The molecule has 2 aromatic rings. The zero-order chi connectivity index (χ0) is 22.7. The maximum absolute atomic E-state index is 12.8. The molecule has 32 heavy (non-hydrogen) atoms. The first kappa shape index (κ1) is 22.0. The lowest BCUT2D eigenvalue weighted by molar-refractivity contribution is 0.0941. The second-order valence-electron chi connectivity index (χ2n) is 7.74. The molecule has 166 valence electrons. The van der Waals surface area contributed by atoms with Gasteiger partial charge in [-0.2, -0.15) is 0 Å². The van der Waals surface area contributed by atoms with Gasteiger partial charge in [0.25, 0.3) is 11.8 Å². The average molecular weight is 451 g/mol. The molecule has 7 nitrogen and oxygen atoms in total. The predicted octanol–water partition coefficient (Wildman–Crippen LogP) is 2.78. The first-order valence-electron chi connectivity index (χ1n) is 10.4. The molecule has 1 aliphatic carbocycles. The van der Waals surface area contributed by atoms with E-state index >= 15 is 0 Å². The number of carbonyl (C=O) groups is 2. The molecule has 2 unspecified atom stereocenters. The molecule has 1 aliphatic heterocycles. The Balaban J connectivity index is 1.34. The summed E-state index contributed by atoms with van der Waals surface area (Å²) in [5.74, 6) is 0.389. The third-order valence-corrected chi connectivity index (χ3v) is 6.57. The van der Waals surface area contributed by atoms with Crippen molar-refractivity contribution in [3.8, 4) is 5.75 Å². The molecule has 1 fully saturated rings. The van der Waals surface area contributed by atoms with Gasteiger partial charge < -0.3 is 21.1 Å². The molecule has 8 heteroatoms. The standard InChI is InChI=1S/C24H26N4O3S/c1-14-10-17(6-9-20(14)31-2)22(29)26-13-15-4-3-5-16(11-15)23(30)28-24-27-19-8-7-18(25)12-21(19)32-24/h3-7,9-12,19,24,27H,8,13,25H2,1-2H3,(H,26,29)(H,28,30). The fraction of sp³-hybridized carbons (Fsp3) is 0.250. The fourth-order valence-corrected chi connectivity index (χ4v) is 4.92. The highest BCUT2D eigenvalue weighted by Crippen LogP contribution is 2.34. The Morgan fingerprint density at radius 1 is 1.19 bits per heavy atom. The van der Waals surface area contributed by atoms with Crippen LogP contribution < -0.4 is 26.4 Å². The number of ether oxygens (including phenoxy) is 1. The maximum atomic E-state index is 12.8. The molecular formula is C24H26N4O3S. The van der Waals surface area contributed by atoms with E-state index in [0.29, 0.717) is 17.7 Å². The molecule has 0 radical (unpaired) electrons. The molecule has 0 bridgehead atoms. The van der Waals surface area contributed by atoms with Crippen molar-refractivity contribution in [3.05, 3.63) is 87.5 Å². The Kier molecular flexibility index (Phi) is 6.53. The van der Waals surface area contributed by atoms with E-state index in [-0.39, 0.29) is 23.4 Å². The van der Waals surface area contributed by atoms with E-state index in [4.69, 9.17) is 10.5 Å². The van der Waals surface area contributed by atoms with Crippen LogP contribution in [-0.2, 0) is 6.54 Å². The minimum Gasteiger partial charge on any atom is -0.496 e. The highest BCUT2D eigenvalue weighted by molar-refractivity contribution is 8.04. The number of nitrogens with one attached hydrogen (secondary N) is 3. The zero-order valence-electron chi connectivity index (χ0n) is 18.0. The van der Waals surface area contributed by atoms with Gasteiger partial charge >= 0.3 is 0 Å². The molecule has 1 heterocycles. The molecule has 2 aliphatic rings. The molecule has 0 aromatic heterocycles. The molecule has 2 aromatic carbocycles. The predicted molar refractivity (Wildman–Crippen MR) is 126 cm³/mol. The molecule has 0 saturated carbocycles. The van der Waals surface area contributed by atoms with E-state index in [0.717, 1.165) is 33.9 Å². The van der Waals surface area contributed by atoms with Crippen LogP contribution in [0.25, 0.3) is 0 Å². The minimum atomic E-state index is -0.209. The summed E-state index contributed by atoms with van der Waals surface area (Å²) in [6.45, 7) is 2.22. The first-order chi connectivity index (χ1) is 15.4. The molecule has 4 rings (SSSR count). The van der Waals surface area contributed by atoms with Gasteiger partial charge in [-0.1, -0.05) is 30.0 Å². The van der Waals surface area contributed by atoms with Crippen molar-refractivity contribution in [3.63, 3.8) is 0 Å². The number of benzene rings is 2. The van der Waals surface area contributed by atoms with E-state index in [1.165, 1.54) is 0 Å². The molecule has 5 N–H and O–H groups in total. The van der Waals surface area contributed by atoms with E-state index in [1.807, 2.05) is 31.2 Å². The summed E-state index contributed by atoms with van der Waals surface area (Å²) in [5, 5.41) is 9.31. The summed E-state index contributed by atoms with van der Waals surface area (Å²) >= 11 is 1.57. The molecule has 2 atom stereocenters. The highest BCUT2D eigenvalue weighted by Gasteiger charge is 2.31. The summed E-state index contributed by atoms with van der Waals surface area (Å²) in [4.78, 5) is 26.4. The number of allylic oxidation sites excluding steroid dienone is 1. The Labute approximate surface area is 191 Å². The monoisotopic (exact) mass is 450 g/mol. The Morgan fingerprint density at radius 3 is 2.78 bits per heavy atom. The fourth-order valence-electron chi connectivity index (χ4n) is 3.71. The van der Waals surface area contributed by atoms with Crippen molar-refractivity contribution in [2.75, 3.05) is 7.11 Å². The zero-order valence-corrected chi connectivity index (χ0v) is 18.8. The van der Waals surface area contributed by atoms with Crippen molar-refractivity contribution in [2.45, 2.75) is 31.4 Å². The molecule has 2 amide bonds. The van der Waals surface area contributed by atoms with Gasteiger partial charge in [0.15, 0.2) is 0 Å². The first-order valence-corrected chi connectivity index (χ1v) is 11.2. The summed E-state index contributed by atoms with van der Waals surface area (Å²) in [6, 6.07) is 12.7. The molecular weight excluding hydrogens is 424 g/mol. The topological polar surface area (TPSA) is 105 Å². The lowest BCUT2D eigenvalue weighted by Gasteiger charge is -2.15. The number of fused-ring (bicyclic) bond motifs is 1. The van der Waals surface area contributed by atoms with Gasteiger partial charge in [0.2, 0.25) is 0 Å². The summed E-state index contributed by atoms with van der Waals surface area (Å²) in [6.07, 6.45) is 4.75.